The fourth-order valence-electron chi connectivity index (χ4n) is 2.00. The highest BCUT2D eigenvalue weighted by atomic mass is 127. The zero-order valence-electron chi connectivity index (χ0n) is 13.9. The summed E-state index contributed by atoms with van der Waals surface area (Å²) < 4.78 is 0. The van der Waals surface area contributed by atoms with Crippen molar-refractivity contribution >= 4 is 41.3 Å². The minimum Gasteiger partial charge on any atom is -0.357 e. The van der Waals surface area contributed by atoms with Gasteiger partial charge in [0, 0.05) is 17.6 Å². The van der Waals surface area contributed by atoms with Crippen molar-refractivity contribution in [2.75, 3.05) is 6.54 Å². The molecule has 0 spiro atoms. The molecule has 2 heterocycles. The van der Waals surface area contributed by atoms with Gasteiger partial charge in [-0.25, -0.2) is 19.9 Å². The molecule has 2 rings (SSSR count). The Bertz CT molecular complexity index is 655. The third-order valence-corrected chi connectivity index (χ3v) is 4.07. The van der Waals surface area contributed by atoms with Gasteiger partial charge in [0.2, 0.25) is 0 Å². The van der Waals surface area contributed by atoms with Crippen molar-refractivity contribution in [2.24, 2.45) is 4.99 Å². The Balaban J connectivity index is 0.00000264. The number of hydrogen-bond donors (Lipinski definition) is 2. The van der Waals surface area contributed by atoms with E-state index in [-0.39, 0.29) is 24.0 Å². The Kier molecular flexibility index (Phi) is 8.38. The Morgan fingerprint density at radius 1 is 1.22 bits per heavy atom. The van der Waals surface area contributed by atoms with Crippen molar-refractivity contribution in [3.8, 4) is 0 Å². The van der Waals surface area contributed by atoms with E-state index in [9.17, 15) is 0 Å². The SMILES string of the molecule is CCNC(=NCc1ccnc(C)n1)NCc1sc(C)nc1C.I. The first-order valence-electron chi connectivity index (χ1n) is 7.32. The van der Waals surface area contributed by atoms with Crippen LogP contribution in [0.3, 0.4) is 0 Å². The van der Waals surface area contributed by atoms with Crippen molar-refractivity contribution in [1.82, 2.24) is 25.6 Å². The topological polar surface area (TPSA) is 75.1 Å². The lowest BCUT2D eigenvalue weighted by molar-refractivity contribution is 0.811. The van der Waals surface area contributed by atoms with Crippen molar-refractivity contribution in [2.45, 2.75) is 40.8 Å². The second-order valence-electron chi connectivity index (χ2n) is 4.89. The summed E-state index contributed by atoms with van der Waals surface area (Å²) in [5.41, 5.74) is 1.99. The highest BCUT2D eigenvalue weighted by molar-refractivity contribution is 14.0. The first-order valence-corrected chi connectivity index (χ1v) is 8.13. The number of aliphatic imine (C=N–C) groups is 1. The molecule has 0 bridgehead atoms. The van der Waals surface area contributed by atoms with Gasteiger partial charge in [0.1, 0.15) is 5.82 Å². The number of rotatable bonds is 5. The molecule has 0 radical (unpaired) electrons. The van der Waals surface area contributed by atoms with Gasteiger partial charge in [-0.05, 0) is 33.8 Å². The molecule has 0 amide bonds. The van der Waals surface area contributed by atoms with Crippen LogP contribution >= 0.6 is 35.3 Å². The predicted molar refractivity (Wildman–Crippen MR) is 105 cm³/mol. The van der Waals surface area contributed by atoms with E-state index in [2.05, 4.69) is 30.6 Å². The molecule has 0 fully saturated rings. The molecular formula is C15H23IN6S. The minimum atomic E-state index is 0. The number of nitrogens with one attached hydrogen (secondary N) is 2. The molecule has 23 heavy (non-hydrogen) atoms. The van der Waals surface area contributed by atoms with E-state index in [4.69, 9.17) is 0 Å². The molecule has 0 aliphatic heterocycles. The standard InChI is InChI=1S/C15H22N6S.HI/c1-5-16-15(18-8-13-6-7-17-11(3)21-13)19-9-14-10(2)20-12(4)22-14;/h6-7H,5,8-9H2,1-4H3,(H2,16,18,19);1H. The third kappa shape index (κ3) is 6.38. The van der Waals surface area contributed by atoms with E-state index in [0.717, 1.165) is 41.3 Å². The van der Waals surface area contributed by atoms with Crippen molar-refractivity contribution in [1.29, 1.82) is 0 Å². The summed E-state index contributed by atoms with van der Waals surface area (Å²) in [6.45, 7) is 10.1. The quantitative estimate of drug-likeness (QED) is 0.420. The van der Waals surface area contributed by atoms with Gasteiger partial charge >= 0.3 is 0 Å². The van der Waals surface area contributed by atoms with E-state index < -0.39 is 0 Å². The molecule has 0 saturated carbocycles. The van der Waals surface area contributed by atoms with Crippen LogP contribution in [-0.4, -0.2) is 27.5 Å². The van der Waals surface area contributed by atoms with Crippen LogP contribution in [0.15, 0.2) is 17.3 Å². The molecule has 0 aromatic carbocycles. The molecule has 0 aliphatic rings. The van der Waals surface area contributed by atoms with Crippen LogP contribution in [-0.2, 0) is 13.1 Å². The van der Waals surface area contributed by atoms with E-state index in [0.29, 0.717) is 6.54 Å². The number of hydrogen-bond acceptors (Lipinski definition) is 5. The molecule has 6 nitrogen and oxygen atoms in total. The van der Waals surface area contributed by atoms with Crippen LogP contribution in [0, 0.1) is 20.8 Å². The maximum absolute atomic E-state index is 4.56. The summed E-state index contributed by atoms with van der Waals surface area (Å²) in [5.74, 6) is 1.55. The molecule has 0 atom stereocenters. The maximum Gasteiger partial charge on any atom is 0.191 e. The van der Waals surface area contributed by atoms with Gasteiger partial charge in [0.25, 0.3) is 0 Å². The lowest BCUT2D eigenvalue weighted by atomic mass is 10.4. The Labute approximate surface area is 158 Å². The van der Waals surface area contributed by atoms with Crippen LogP contribution in [0.1, 0.15) is 34.0 Å². The average Bonchev–Trinajstić information content (AvgIpc) is 2.80. The van der Waals surface area contributed by atoms with Gasteiger partial charge in [-0.2, -0.15) is 0 Å². The number of aryl methyl sites for hydroxylation is 3. The Hall–Kier alpha value is -1.29. The molecule has 2 aromatic heterocycles. The molecule has 0 aliphatic carbocycles. The van der Waals surface area contributed by atoms with E-state index in [1.165, 1.54) is 4.88 Å². The number of thiazole rings is 1. The zero-order chi connectivity index (χ0) is 15.9. The normalized spacial score (nSPS) is 11.0. The van der Waals surface area contributed by atoms with E-state index in [1.54, 1.807) is 17.5 Å². The summed E-state index contributed by atoms with van der Waals surface area (Å²) in [7, 11) is 0. The van der Waals surface area contributed by atoms with Crippen LogP contribution in [0.25, 0.3) is 0 Å². The highest BCUT2D eigenvalue weighted by Gasteiger charge is 2.06. The maximum atomic E-state index is 4.56. The molecule has 0 saturated heterocycles. The molecule has 2 aromatic rings. The monoisotopic (exact) mass is 446 g/mol. The molecule has 126 valence electrons. The summed E-state index contributed by atoms with van der Waals surface area (Å²) in [4.78, 5) is 18.7. The van der Waals surface area contributed by atoms with Gasteiger partial charge in [-0.3, -0.25) is 0 Å². The van der Waals surface area contributed by atoms with Crippen molar-refractivity contribution in [3.05, 3.63) is 39.4 Å². The van der Waals surface area contributed by atoms with Gasteiger partial charge in [0.15, 0.2) is 5.96 Å². The fraction of sp³-hybridized carbons (Fsp3) is 0.467. The van der Waals surface area contributed by atoms with Gasteiger partial charge in [-0.15, -0.1) is 35.3 Å². The second-order valence-corrected chi connectivity index (χ2v) is 6.17. The smallest absolute Gasteiger partial charge is 0.191 e. The fourth-order valence-corrected chi connectivity index (χ4v) is 2.87. The molecule has 8 heteroatoms. The predicted octanol–water partition coefficient (Wildman–Crippen LogP) is 2.73. The molecule has 0 unspecified atom stereocenters. The lowest BCUT2D eigenvalue weighted by Gasteiger charge is -2.10. The zero-order valence-corrected chi connectivity index (χ0v) is 17.0. The van der Waals surface area contributed by atoms with Crippen molar-refractivity contribution in [3.63, 3.8) is 0 Å². The second kappa shape index (κ2) is 9.76. The average molecular weight is 446 g/mol. The van der Waals surface area contributed by atoms with Gasteiger partial charge < -0.3 is 10.6 Å². The van der Waals surface area contributed by atoms with Crippen LogP contribution in [0.4, 0.5) is 0 Å². The number of nitrogens with zero attached hydrogens (tertiary/aromatic N) is 4. The summed E-state index contributed by atoms with van der Waals surface area (Å²) in [5, 5.41) is 7.68. The third-order valence-electron chi connectivity index (χ3n) is 2.99. The lowest BCUT2D eigenvalue weighted by Crippen LogP contribution is -2.36. The number of guanidine groups is 1. The van der Waals surface area contributed by atoms with E-state index in [1.807, 2.05) is 33.8 Å². The minimum absolute atomic E-state index is 0. The Morgan fingerprint density at radius 3 is 2.61 bits per heavy atom. The van der Waals surface area contributed by atoms with Gasteiger partial charge in [-0.1, -0.05) is 0 Å². The first kappa shape index (κ1) is 19.8. The van der Waals surface area contributed by atoms with Crippen molar-refractivity contribution < 1.29 is 0 Å². The van der Waals surface area contributed by atoms with E-state index >= 15 is 0 Å². The number of aromatic nitrogens is 3. The molecular weight excluding hydrogens is 423 g/mol. The van der Waals surface area contributed by atoms with Crippen LogP contribution in [0.5, 0.6) is 0 Å². The first-order chi connectivity index (χ1) is 10.6. The number of halogens is 1. The largest absolute Gasteiger partial charge is 0.357 e. The summed E-state index contributed by atoms with van der Waals surface area (Å²) in [6.07, 6.45) is 1.76. The van der Waals surface area contributed by atoms with Crippen LogP contribution < -0.4 is 10.6 Å². The summed E-state index contributed by atoms with van der Waals surface area (Å²) >= 11 is 1.71. The van der Waals surface area contributed by atoms with Gasteiger partial charge in [0.05, 0.1) is 29.5 Å². The summed E-state index contributed by atoms with van der Waals surface area (Å²) in [6, 6.07) is 1.89. The Morgan fingerprint density at radius 2 is 2.00 bits per heavy atom. The highest BCUT2D eigenvalue weighted by Crippen LogP contribution is 2.16. The van der Waals surface area contributed by atoms with Crippen LogP contribution in [0.2, 0.25) is 0 Å². The molecule has 2 N–H and O–H groups in total.